The van der Waals surface area contributed by atoms with Crippen LogP contribution >= 0.6 is 0 Å². The number of nitrogens with zero attached hydrogens (tertiary/aromatic N) is 4. The maximum absolute atomic E-state index is 13.9. The first kappa shape index (κ1) is 18.2. The number of halogens is 1. The van der Waals surface area contributed by atoms with Gasteiger partial charge in [-0.25, -0.2) is 9.37 Å². The molecule has 0 unspecified atom stereocenters. The van der Waals surface area contributed by atoms with Gasteiger partial charge in [-0.2, -0.15) is 4.98 Å². The van der Waals surface area contributed by atoms with E-state index in [1.807, 2.05) is 0 Å². The Bertz CT molecular complexity index is 953. The van der Waals surface area contributed by atoms with Crippen LogP contribution in [-0.2, 0) is 0 Å². The van der Waals surface area contributed by atoms with Crippen LogP contribution in [-0.4, -0.2) is 35.3 Å². The van der Waals surface area contributed by atoms with Gasteiger partial charge >= 0.3 is 0 Å². The van der Waals surface area contributed by atoms with E-state index in [1.54, 1.807) is 30.5 Å². The number of benzene rings is 1. The van der Waals surface area contributed by atoms with Crippen LogP contribution in [0.5, 0.6) is 5.75 Å². The molecule has 1 fully saturated rings. The summed E-state index contributed by atoms with van der Waals surface area (Å²) in [7, 11) is 1.43. The molecule has 1 aliphatic rings. The third-order valence-electron chi connectivity index (χ3n) is 4.92. The van der Waals surface area contributed by atoms with Crippen molar-refractivity contribution < 1.29 is 13.7 Å². The maximum atomic E-state index is 13.9. The summed E-state index contributed by atoms with van der Waals surface area (Å²) in [6, 6.07) is 8.11. The fourth-order valence-corrected chi connectivity index (χ4v) is 3.20. The van der Waals surface area contributed by atoms with E-state index >= 15 is 0 Å². The molecule has 3 aromatic rings. The standard InChI is InChI=1S/C20H22FN5O2/c1-13-6-9-26(10-7-13)20-22-8-5-18(24-20)23-19-12-16(25-28-19)14-3-4-17(27-2)15(21)11-14/h3-5,8,11-13H,6-7,9-10H2,1-2H3,(H,22,23,24). The minimum atomic E-state index is -0.450. The molecule has 0 amide bonds. The summed E-state index contributed by atoms with van der Waals surface area (Å²) < 4.78 is 24.2. The zero-order valence-electron chi connectivity index (χ0n) is 15.9. The third kappa shape index (κ3) is 3.90. The van der Waals surface area contributed by atoms with E-state index in [4.69, 9.17) is 9.26 Å². The molecule has 1 aliphatic heterocycles. The van der Waals surface area contributed by atoms with Crippen LogP contribution in [0.15, 0.2) is 41.1 Å². The van der Waals surface area contributed by atoms with E-state index in [-0.39, 0.29) is 5.75 Å². The van der Waals surface area contributed by atoms with Crippen molar-refractivity contribution in [2.45, 2.75) is 19.8 Å². The van der Waals surface area contributed by atoms with Crippen molar-refractivity contribution in [3.05, 3.63) is 42.3 Å². The summed E-state index contributed by atoms with van der Waals surface area (Å²) in [5, 5.41) is 7.10. The van der Waals surface area contributed by atoms with Gasteiger partial charge in [0.05, 0.1) is 7.11 Å². The first-order valence-electron chi connectivity index (χ1n) is 9.28. The Hall–Kier alpha value is -3.16. The number of rotatable bonds is 5. The topological polar surface area (TPSA) is 76.3 Å². The average Bonchev–Trinajstić information content (AvgIpc) is 3.17. The number of methoxy groups -OCH3 is 1. The van der Waals surface area contributed by atoms with Crippen molar-refractivity contribution in [3.8, 4) is 17.0 Å². The summed E-state index contributed by atoms with van der Waals surface area (Å²) in [5.74, 6) is 2.22. The molecule has 7 nitrogen and oxygen atoms in total. The summed E-state index contributed by atoms with van der Waals surface area (Å²) in [6.45, 7) is 4.19. The molecule has 0 bridgehead atoms. The van der Waals surface area contributed by atoms with Gasteiger partial charge in [-0.15, -0.1) is 0 Å². The minimum absolute atomic E-state index is 0.186. The number of nitrogens with one attached hydrogen (secondary N) is 1. The van der Waals surface area contributed by atoms with Crippen LogP contribution in [0.3, 0.4) is 0 Å². The highest BCUT2D eigenvalue weighted by Crippen LogP contribution is 2.28. The molecule has 0 radical (unpaired) electrons. The van der Waals surface area contributed by atoms with Crippen LogP contribution < -0.4 is 15.0 Å². The van der Waals surface area contributed by atoms with Gasteiger partial charge in [0.2, 0.25) is 11.8 Å². The highest BCUT2D eigenvalue weighted by molar-refractivity contribution is 5.64. The van der Waals surface area contributed by atoms with Gasteiger partial charge in [-0.05, 0) is 43.0 Å². The van der Waals surface area contributed by atoms with Gasteiger partial charge in [0.25, 0.3) is 0 Å². The van der Waals surface area contributed by atoms with E-state index in [0.29, 0.717) is 28.9 Å². The minimum Gasteiger partial charge on any atom is -0.494 e. The summed E-state index contributed by atoms with van der Waals surface area (Å²) in [4.78, 5) is 11.2. The Morgan fingerprint density at radius 3 is 2.79 bits per heavy atom. The molecule has 3 heterocycles. The highest BCUT2D eigenvalue weighted by atomic mass is 19.1. The molecular weight excluding hydrogens is 361 g/mol. The first-order chi connectivity index (χ1) is 13.6. The molecular formula is C20H22FN5O2. The lowest BCUT2D eigenvalue weighted by molar-refractivity contribution is 0.386. The number of hydrogen-bond donors (Lipinski definition) is 1. The van der Waals surface area contributed by atoms with Gasteiger partial charge in [0.1, 0.15) is 11.5 Å². The second kappa shape index (κ2) is 7.84. The second-order valence-electron chi connectivity index (χ2n) is 6.96. The number of piperidine rings is 1. The van der Waals surface area contributed by atoms with Crippen LogP contribution in [0.4, 0.5) is 22.0 Å². The van der Waals surface area contributed by atoms with E-state index in [1.165, 1.54) is 13.2 Å². The van der Waals surface area contributed by atoms with E-state index < -0.39 is 5.82 Å². The Balaban J connectivity index is 1.48. The summed E-state index contributed by atoms with van der Waals surface area (Å²) in [5.41, 5.74) is 1.12. The lowest BCUT2D eigenvalue weighted by atomic mass is 10.00. The van der Waals surface area contributed by atoms with Gasteiger partial charge in [-0.1, -0.05) is 12.1 Å². The molecule has 1 N–H and O–H groups in total. The fourth-order valence-electron chi connectivity index (χ4n) is 3.20. The lowest BCUT2D eigenvalue weighted by Crippen LogP contribution is -2.34. The predicted octanol–water partition coefficient (Wildman–Crippen LogP) is 4.26. The van der Waals surface area contributed by atoms with Crippen molar-refractivity contribution in [1.82, 2.24) is 15.1 Å². The second-order valence-corrected chi connectivity index (χ2v) is 6.96. The summed E-state index contributed by atoms with van der Waals surface area (Å²) in [6.07, 6.45) is 4.01. The van der Waals surface area contributed by atoms with E-state index in [9.17, 15) is 4.39 Å². The number of anilines is 3. The molecule has 1 saturated heterocycles. The normalized spacial score (nSPS) is 14.9. The highest BCUT2D eigenvalue weighted by Gasteiger charge is 2.18. The molecule has 28 heavy (non-hydrogen) atoms. The smallest absolute Gasteiger partial charge is 0.230 e. The Morgan fingerprint density at radius 1 is 1.21 bits per heavy atom. The number of hydrogen-bond acceptors (Lipinski definition) is 7. The Kier molecular flexibility index (Phi) is 5.10. The number of ether oxygens (including phenoxy) is 1. The summed E-state index contributed by atoms with van der Waals surface area (Å²) >= 11 is 0. The molecule has 8 heteroatoms. The van der Waals surface area contributed by atoms with Crippen molar-refractivity contribution in [1.29, 1.82) is 0 Å². The molecule has 2 aromatic heterocycles. The van der Waals surface area contributed by atoms with Crippen molar-refractivity contribution in [2.24, 2.45) is 5.92 Å². The lowest BCUT2D eigenvalue weighted by Gasteiger charge is -2.30. The van der Waals surface area contributed by atoms with Crippen LogP contribution in [0, 0.1) is 11.7 Å². The maximum Gasteiger partial charge on any atom is 0.230 e. The van der Waals surface area contributed by atoms with Crippen molar-refractivity contribution in [3.63, 3.8) is 0 Å². The largest absolute Gasteiger partial charge is 0.494 e. The monoisotopic (exact) mass is 383 g/mol. The molecule has 4 rings (SSSR count). The van der Waals surface area contributed by atoms with Crippen LogP contribution in [0.25, 0.3) is 11.3 Å². The third-order valence-corrected chi connectivity index (χ3v) is 4.92. The predicted molar refractivity (Wildman–Crippen MR) is 104 cm³/mol. The molecule has 0 atom stereocenters. The molecule has 0 spiro atoms. The van der Waals surface area contributed by atoms with Gasteiger partial charge < -0.3 is 19.5 Å². The van der Waals surface area contributed by atoms with E-state index in [2.05, 4.69) is 32.3 Å². The molecule has 0 aliphatic carbocycles. The van der Waals surface area contributed by atoms with Gasteiger partial charge in [0.15, 0.2) is 11.6 Å². The van der Waals surface area contributed by atoms with Crippen LogP contribution in [0.2, 0.25) is 0 Å². The molecule has 1 aromatic carbocycles. The molecule has 146 valence electrons. The Labute approximate surface area is 162 Å². The molecule has 0 saturated carbocycles. The Morgan fingerprint density at radius 2 is 2.04 bits per heavy atom. The van der Waals surface area contributed by atoms with Gasteiger partial charge in [-0.3, -0.25) is 0 Å². The van der Waals surface area contributed by atoms with Gasteiger partial charge in [0, 0.05) is 30.9 Å². The zero-order valence-corrected chi connectivity index (χ0v) is 15.9. The first-order valence-corrected chi connectivity index (χ1v) is 9.28. The average molecular weight is 383 g/mol. The number of aromatic nitrogens is 3. The quantitative estimate of drug-likeness (QED) is 0.705. The SMILES string of the molecule is COc1ccc(-c2cc(Nc3ccnc(N4CCC(C)CC4)n3)on2)cc1F. The fraction of sp³-hybridized carbons (Fsp3) is 0.350. The van der Waals surface area contributed by atoms with Crippen molar-refractivity contribution in [2.75, 3.05) is 30.4 Å². The zero-order chi connectivity index (χ0) is 19.5. The van der Waals surface area contributed by atoms with E-state index in [0.717, 1.165) is 31.8 Å². The van der Waals surface area contributed by atoms with Crippen molar-refractivity contribution >= 4 is 17.7 Å². The van der Waals surface area contributed by atoms with Crippen LogP contribution in [0.1, 0.15) is 19.8 Å².